The zero-order chi connectivity index (χ0) is 14.4. The first-order valence-electron chi connectivity index (χ1n) is 6.12. The van der Waals surface area contributed by atoms with Gasteiger partial charge in [0, 0.05) is 27.2 Å². The van der Waals surface area contributed by atoms with Crippen LogP contribution >= 0.6 is 0 Å². The van der Waals surface area contributed by atoms with E-state index in [0.29, 0.717) is 24.5 Å². The molecular formula is C12H19N5O2. The van der Waals surface area contributed by atoms with E-state index < -0.39 is 5.54 Å². The van der Waals surface area contributed by atoms with E-state index in [-0.39, 0.29) is 11.8 Å². The van der Waals surface area contributed by atoms with Gasteiger partial charge in [-0.3, -0.25) is 14.3 Å². The van der Waals surface area contributed by atoms with Crippen molar-refractivity contribution >= 4 is 17.5 Å². The second kappa shape index (κ2) is 4.25. The lowest BCUT2D eigenvalue weighted by molar-refractivity contribution is -0.144. The van der Waals surface area contributed by atoms with Crippen LogP contribution in [0.25, 0.3) is 0 Å². The fourth-order valence-electron chi connectivity index (χ4n) is 2.41. The fraction of sp³-hybridized carbons (Fsp3) is 0.583. The maximum absolute atomic E-state index is 12.6. The van der Waals surface area contributed by atoms with Gasteiger partial charge in [0.2, 0.25) is 5.91 Å². The number of aryl methyl sites for hydroxylation is 1. The molecule has 1 fully saturated rings. The molecule has 0 aromatic carbocycles. The summed E-state index contributed by atoms with van der Waals surface area (Å²) in [6.07, 6.45) is 1.44. The molecule has 1 aromatic heterocycles. The first kappa shape index (κ1) is 13.4. The number of nitrogens with zero attached hydrogens (tertiary/aromatic N) is 4. The van der Waals surface area contributed by atoms with Crippen LogP contribution in [0.5, 0.6) is 0 Å². The van der Waals surface area contributed by atoms with Gasteiger partial charge >= 0.3 is 0 Å². The number of likely N-dealkylation sites (N-methyl/N-ethyl adjacent to an activating group) is 1. The molecule has 19 heavy (non-hydrogen) atoms. The summed E-state index contributed by atoms with van der Waals surface area (Å²) >= 11 is 0. The molecule has 2 N–H and O–H groups in total. The van der Waals surface area contributed by atoms with Crippen molar-refractivity contribution in [2.45, 2.75) is 19.4 Å². The van der Waals surface area contributed by atoms with E-state index in [2.05, 4.69) is 5.10 Å². The molecule has 7 heteroatoms. The number of nitrogen functional groups attached to an aromatic ring is 1. The summed E-state index contributed by atoms with van der Waals surface area (Å²) in [5, 5.41) is 3.96. The average molecular weight is 265 g/mol. The van der Waals surface area contributed by atoms with Gasteiger partial charge in [0.25, 0.3) is 5.91 Å². The van der Waals surface area contributed by atoms with Gasteiger partial charge in [-0.1, -0.05) is 0 Å². The van der Waals surface area contributed by atoms with Crippen molar-refractivity contribution in [1.82, 2.24) is 19.6 Å². The molecule has 1 saturated heterocycles. The number of carbonyl (C=O) groups excluding carboxylic acids is 2. The summed E-state index contributed by atoms with van der Waals surface area (Å²) < 4.78 is 1.44. The zero-order valence-electron chi connectivity index (χ0n) is 11.7. The molecule has 0 spiro atoms. The molecule has 2 heterocycles. The minimum atomic E-state index is -0.874. The van der Waals surface area contributed by atoms with Gasteiger partial charge < -0.3 is 15.5 Å². The maximum Gasteiger partial charge on any atom is 0.275 e. The van der Waals surface area contributed by atoms with Gasteiger partial charge in [0.05, 0.1) is 11.9 Å². The Kier molecular flexibility index (Phi) is 3.00. The standard InChI is InChI=1S/C12H19N5O2/c1-12(2)11(19)15(3)5-6-17(12)10(18)9-8(13)7-14-16(9)4/h7H,5-6,13H2,1-4H3. The Morgan fingerprint density at radius 3 is 2.53 bits per heavy atom. The highest BCUT2D eigenvalue weighted by Crippen LogP contribution is 2.25. The van der Waals surface area contributed by atoms with Crippen molar-refractivity contribution in [3.63, 3.8) is 0 Å². The van der Waals surface area contributed by atoms with E-state index in [9.17, 15) is 9.59 Å². The monoisotopic (exact) mass is 265 g/mol. The maximum atomic E-state index is 12.6. The molecule has 7 nitrogen and oxygen atoms in total. The van der Waals surface area contributed by atoms with Crippen molar-refractivity contribution in [1.29, 1.82) is 0 Å². The van der Waals surface area contributed by atoms with Crippen LogP contribution in [0.15, 0.2) is 6.20 Å². The third kappa shape index (κ3) is 1.94. The largest absolute Gasteiger partial charge is 0.396 e. The minimum absolute atomic E-state index is 0.0761. The molecule has 0 aliphatic carbocycles. The number of nitrogens with two attached hydrogens (primary N) is 1. The zero-order valence-corrected chi connectivity index (χ0v) is 11.7. The first-order chi connectivity index (χ1) is 8.76. The second-order valence-electron chi connectivity index (χ2n) is 5.31. The van der Waals surface area contributed by atoms with Crippen LogP contribution in [0, 0.1) is 0 Å². The third-order valence-corrected chi connectivity index (χ3v) is 3.62. The molecule has 0 bridgehead atoms. The summed E-state index contributed by atoms with van der Waals surface area (Å²) in [5.41, 5.74) is 5.55. The van der Waals surface area contributed by atoms with E-state index in [1.165, 1.54) is 10.9 Å². The highest BCUT2D eigenvalue weighted by molar-refractivity contribution is 6.01. The summed E-state index contributed by atoms with van der Waals surface area (Å²) in [6, 6.07) is 0. The van der Waals surface area contributed by atoms with Crippen LogP contribution in [0.2, 0.25) is 0 Å². The summed E-state index contributed by atoms with van der Waals surface area (Å²) in [5.74, 6) is -0.336. The lowest BCUT2D eigenvalue weighted by Crippen LogP contribution is -2.63. The van der Waals surface area contributed by atoms with Crippen LogP contribution in [0.3, 0.4) is 0 Å². The highest BCUT2D eigenvalue weighted by atomic mass is 16.2. The predicted octanol–water partition coefficient (Wildman–Crippen LogP) is -0.305. The van der Waals surface area contributed by atoms with Gasteiger partial charge in [-0.15, -0.1) is 0 Å². The van der Waals surface area contributed by atoms with Crippen LogP contribution in [-0.4, -0.2) is 57.1 Å². The van der Waals surface area contributed by atoms with Crippen LogP contribution in [0.1, 0.15) is 24.3 Å². The molecule has 0 saturated carbocycles. The summed E-state index contributed by atoms with van der Waals surface area (Å²) in [7, 11) is 3.40. The van der Waals surface area contributed by atoms with Crippen molar-refractivity contribution in [3.8, 4) is 0 Å². The minimum Gasteiger partial charge on any atom is -0.396 e. The molecule has 1 aliphatic heterocycles. The Labute approximate surface area is 111 Å². The molecule has 1 aliphatic rings. The summed E-state index contributed by atoms with van der Waals surface area (Å²) in [6.45, 7) is 4.50. The van der Waals surface area contributed by atoms with Crippen LogP contribution in [-0.2, 0) is 11.8 Å². The topological polar surface area (TPSA) is 84.5 Å². The lowest BCUT2D eigenvalue weighted by atomic mass is 9.97. The summed E-state index contributed by atoms with van der Waals surface area (Å²) in [4.78, 5) is 28.0. The SMILES string of the molecule is CN1CCN(C(=O)c2c(N)cnn2C)C(C)(C)C1=O. The van der Waals surface area contributed by atoms with E-state index in [1.807, 2.05) is 0 Å². The Hall–Kier alpha value is -2.05. The van der Waals surface area contributed by atoms with Crippen molar-refractivity contribution in [2.75, 3.05) is 25.9 Å². The number of amides is 2. The van der Waals surface area contributed by atoms with Crippen molar-refractivity contribution < 1.29 is 9.59 Å². The molecule has 104 valence electrons. The molecule has 2 amide bonds. The number of rotatable bonds is 1. The second-order valence-corrected chi connectivity index (χ2v) is 5.31. The highest BCUT2D eigenvalue weighted by Gasteiger charge is 2.44. The van der Waals surface area contributed by atoms with E-state index in [4.69, 9.17) is 5.73 Å². The average Bonchev–Trinajstić information content (AvgIpc) is 2.65. The number of aromatic nitrogens is 2. The van der Waals surface area contributed by atoms with Crippen molar-refractivity contribution in [3.05, 3.63) is 11.9 Å². The molecular weight excluding hydrogens is 246 g/mol. The van der Waals surface area contributed by atoms with Crippen LogP contribution < -0.4 is 5.73 Å². The number of hydrogen-bond acceptors (Lipinski definition) is 4. The number of carbonyl (C=O) groups is 2. The van der Waals surface area contributed by atoms with E-state index >= 15 is 0 Å². The fourth-order valence-corrected chi connectivity index (χ4v) is 2.41. The van der Waals surface area contributed by atoms with Gasteiger partial charge in [0.1, 0.15) is 11.2 Å². The Morgan fingerprint density at radius 2 is 2.00 bits per heavy atom. The molecule has 0 unspecified atom stereocenters. The van der Waals surface area contributed by atoms with Crippen LogP contribution in [0.4, 0.5) is 5.69 Å². The van der Waals surface area contributed by atoms with E-state index in [0.717, 1.165) is 0 Å². The first-order valence-corrected chi connectivity index (χ1v) is 6.12. The van der Waals surface area contributed by atoms with Gasteiger partial charge in [-0.25, -0.2) is 0 Å². The van der Waals surface area contributed by atoms with Crippen molar-refractivity contribution in [2.24, 2.45) is 7.05 Å². The molecule has 0 radical (unpaired) electrons. The Bertz CT molecular complexity index is 515. The molecule has 0 atom stereocenters. The van der Waals surface area contributed by atoms with Gasteiger partial charge in [-0.05, 0) is 13.8 Å². The predicted molar refractivity (Wildman–Crippen MR) is 70.4 cm³/mol. The normalized spacial score (nSPS) is 18.8. The number of hydrogen-bond donors (Lipinski definition) is 1. The molecule has 1 aromatic rings. The molecule has 2 rings (SSSR count). The quantitative estimate of drug-likeness (QED) is 0.755. The van der Waals surface area contributed by atoms with Gasteiger partial charge in [-0.2, -0.15) is 5.10 Å². The smallest absolute Gasteiger partial charge is 0.275 e. The Balaban J connectivity index is 2.37. The van der Waals surface area contributed by atoms with E-state index in [1.54, 1.807) is 37.7 Å². The van der Waals surface area contributed by atoms with Gasteiger partial charge in [0.15, 0.2) is 0 Å². The lowest BCUT2D eigenvalue weighted by Gasteiger charge is -2.44. The Morgan fingerprint density at radius 1 is 1.37 bits per heavy atom. The third-order valence-electron chi connectivity index (χ3n) is 3.62. The number of piperazine rings is 1. The number of anilines is 1.